The van der Waals surface area contributed by atoms with Crippen molar-refractivity contribution in [2.24, 2.45) is 0 Å². The van der Waals surface area contributed by atoms with Crippen molar-refractivity contribution in [2.45, 2.75) is 32.7 Å². The van der Waals surface area contributed by atoms with Gasteiger partial charge in [0.15, 0.2) is 17.1 Å². The molecule has 4 aromatic heterocycles. The molecule has 9 nitrogen and oxygen atoms in total. The van der Waals surface area contributed by atoms with Gasteiger partial charge in [0.25, 0.3) is 0 Å². The lowest BCUT2D eigenvalue weighted by Gasteiger charge is -2.15. The smallest absolute Gasteiger partial charge is 0.327 e. The van der Waals surface area contributed by atoms with Gasteiger partial charge in [0, 0.05) is 24.7 Å². The summed E-state index contributed by atoms with van der Waals surface area (Å²) in [4.78, 5) is 19.1. The Morgan fingerprint density at radius 2 is 2.04 bits per heavy atom. The van der Waals surface area contributed by atoms with Gasteiger partial charge in [-0.2, -0.15) is 4.52 Å². The lowest BCUT2D eigenvalue weighted by Crippen LogP contribution is -2.22. The van der Waals surface area contributed by atoms with E-state index in [0.717, 1.165) is 11.3 Å². The quantitative estimate of drug-likeness (QED) is 0.577. The second-order valence-electron chi connectivity index (χ2n) is 7.15. The predicted molar refractivity (Wildman–Crippen MR) is 98.3 cm³/mol. The Morgan fingerprint density at radius 1 is 1.19 bits per heavy atom. The maximum absolute atomic E-state index is 12.1. The fraction of sp³-hybridized carbons (Fsp3) is 0.353. The van der Waals surface area contributed by atoms with E-state index in [1.54, 1.807) is 21.3 Å². The van der Waals surface area contributed by atoms with Gasteiger partial charge in [-0.3, -0.25) is 4.57 Å². The number of pyridine rings is 1. The summed E-state index contributed by atoms with van der Waals surface area (Å²) in [6.07, 6.45) is 1.68. The highest BCUT2D eigenvalue weighted by Crippen LogP contribution is 2.20. The van der Waals surface area contributed by atoms with Gasteiger partial charge in [-0.1, -0.05) is 20.8 Å². The largest absolute Gasteiger partial charge is 0.367 e. The summed E-state index contributed by atoms with van der Waals surface area (Å²) < 4.78 is 3.36. The van der Waals surface area contributed by atoms with E-state index in [-0.39, 0.29) is 11.1 Å². The number of nitrogens with zero attached hydrogens (tertiary/aromatic N) is 6. The van der Waals surface area contributed by atoms with Crippen LogP contribution in [0.1, 0.15) is 26.6 Å². The highest BCUT2D eigenvalue weighted by atomic mass is 16.1. The first-order valence-electron chi connectivity index (χ1n) is 8.44. The van der Waals surface area contributed by atoms with Crippen molar-refractivity contribution < 1.29 is 0 Å². The van der Waals surface area contributed by atoms with Crippen molar-refractivity contribution in [1.29, 1.82) is 0 Å². The van der Waals surface area contributed by atoms with Crippen LogP contribution in [-0.2, 0) is 12.0 Å². The molecule has 134 valence electrons. The molecule has 9 heteroatoms. The molecular formula is C17H20N8O. The molecule has 0 unspecified atom stereocenters. The minimum atomic E-state index is -0.169. The highest BCUT2D eigenvalue weighted by Gasteiger charge is 2.21. The third-order valence-corrected chi connectivity index (χ3v) is 4.10. The standard InChI is InChI=1S/C17H20N8O/c1-17(2,3)15-22-21-13-7-6-12(23-25(13)15)18-9-10-24-14-11(20-16(24)26)5-4-8-19-14/h4-8H,9-10H2,1-3H3,(H,18,23)(H,20,26). The topological polar surface area (TPSA) is 106 Å². The van der Waals surface area contributed by atoms with Crippen LogP contribution in [0, 0.1) is 0 Å². The summed E-state index contributed by atoms with van der Waals surface area (Å²) in [5.74, 6) is 1.50. The molecule has 0 radical (unpaired) electrons. The summed E-state index contributed by atoms with van der Waals surface area (Å²) in [5, 5.41) is 16.2. The molecule has 2 N–H and O–H groups in total. The minimum absolute atomic E-state index is 0.159. The van der Waals surface area contributed by atoms with Crippen molar-refractivity contribution in [3.8, 4) is 0 Å². The summed E-state index contributed by atoms with van der Waals surface area (Å²) in [5.41, 5.74) is 1.76. The van der Waals surface area contributed by atoms with E-state index in [1.165, 1.54) is 0 Å². The van der Waals surface area contributed by atoms with Gasteiger partial charge in [0.2, 0.25) is 0 Å². The number of rotatable bonds is 4. The van der Waals surface area contributed by atoms with Gasteiger partial charge in [0.1, 0.15) is 5.82 Å². The highest BCUT2D eigenvalue weighted by molar-refractivity contribution is 5.69. The van der Waals surface area contributed by atoms with Crippen molar-refractivity contribution >= 4 is 22.6 Å². The number of hydrogen-bond acceptors (Lipinski definition) is 6. The van der Waals surface area contributed by atoms with Crippen LogP contribution in [0.4, 0.5) is 5.82 Å². The molecule has 0 saturated carbocycles. The molecule has 0 atom stereocenters. The first-order valence-corrected chi connectivity index (χ1v) is 8.44. The summed E-state index contributed by atoms with van der Waals surface area (Å²) in [6.45, 7) is 7.23. The van der Waals surface area contributed by atoms with E-state index >= 15 is 0 Å². The predicted octanol–water partition coefficient (Wildman–Crippen LogP) is 1.57. The molecular weight excluding hydrogens is 332 g/mol. The van der Waals surface area contributed by atoms with E-state index in [1.807, 2.05) is 18.2 Å². The number of imidazole rings is 1. The van der Waals surface area contributed by atoms with E-state index < -0.39 is 0 Å². The zero-order chi connectivity index (χ0) is 18.3. The van der Waals surface area contributed by atoms with Crippen LogP contribution in [0.15, 0.2) is 35.3 Å². The molecule has 0 amide bonds. The van der Waals surface area contributed by atoms with Crippen LogP contribution in [0.25, 0.3) is 16.8 Å². The Morgan fingerprint density at radius 3 is 2.85 bits per heavy atom. The lowest BCUT2D eigenvalue weighted by molar-refractivity contribution is 0.527. The van der Waals surface area contributed by atoms with Crippen molar-refractivity contribution in [3.63, 3.8) is 0 Å². The number of H-pyrrole nitrogens is 1. The molecule has 0 saturated heterocycles. The van der Waals surface area contributed by atoms with Crippen LogP contribution in [0.5, 0.6) is 0 Å². The fourth-order valence-electron chi connectivity index (χ4n) is 2.84. The van der Waals surface area contributed by atoms with E-state index in [9.17, 15) is 4.79 Å². The average molecular weight is 352 g/mol. The van der Waals surface area contributed by atoms with Gasteiger partial charge in [0.05, 0.1) is 5.52 Å². The van der Waals surface area contributed by atoms with Crippen LogP contribution in [-0.4, -0.2) is 40.9 Å². The Labute approximate surface area is 149 Å². The van der Waals surface area contributed by atoms with Gasteiger partial charge in [-0.25, -0.2) is 9.78 Å². The minimum Gasteiger partial charge on any atom is -0.367 e. The van der Waals surface area contributed by atoms with Crippen molar-refractivity contribution in [1.82, 2.24) is 34.3 Å². The molecule has 0 spiro atoms. The second-order valence-corrected chi connectivity index (χ2v) is 7.15. The molecule has 4 heterocycles. The van der Waals surface area contributed by atoms with Crippen LogP contribution >= 0.6 is 0 Å². The molecule has 0 aromatic carbocycles. The molecule has 0 bridgehead atoms. The normalized spacial score (nSPS) is 12.1. The lowest BCUT2D eigenvalue weighted by atomic mass is 9.96. The first kappa shape index (κ1) is 16.2. The monoisotopic (exact) mass is 352 g/mol. The van der Waals surface area contributed by atoms with E-state index in [0.29, 0.717) is 30.2 Å². The number of hydrogen-bond donors (Lipinski definition) is 2. The first-order chi connectivity index (χ1) is 12.4. The van der Waals surface area contributed by atoms with Crippen molar-refractivity contribution in [2.75, 3.05) is 11.9 Å². The SMILES string of the molecule is CC(C)(C)c1nnc2ccc(NCCn3c(=O)[nH]c4cccnc43)nn12. The van der Waals surface area contributed by atoms with Crippen molar-refractivity contribution in [3.05, 3.63) is 46.8 Å². The zero-order valence-corrected chi connectivity index (χ0v) is 14.9. The molecule has 0 fully saturated rings. The molecule has 0 aliphatic rings. The van der Waals surface area contributed by atoms with E-state index in [4.69, 9.17) is 0 Å². The fourth-order valence-corrected chi connectivity index (χ4v) is 2.84. The number of anilines is 1. The molecule has 0 aliphatic heterocycles. The third-order valence-electron chi connectivity index (χ3n) is 4.10. The van der Waals surface area contributed by atoms with E-state index in [2.05, 4.69) is 51.4 Å². The third kappa shape index (κ3) is 2.81. The van der Waals surface area contributed by atoms with Crippen LogP contribution in [0.3, 0.4) is 0 Å². The second kappa shape index (κ2) is 5.94. The van der Waals surface area contributed by atoms with Gasteiger partial charge in [-0.15, -0.1) is 15.3 Å². The number of aromatic amines is 1. The molecule has 4 aromatic rings. The van der Waals surface area contributed by atoms with Gasteiger partial charge in [-0.05, 0) is 24.3 Å². The summed E-state index contributed by atoms with van der Waals surface area (Å²) in [6, 6.07) is 7.36. The van der Waals surface area contributed by atoms with Crippen LogP contribution in [0.2, 0.25) is 0 Å². The zero-order valence-electron chi connectivity index (χ0n) is 14.9. The maximum Gasteiger partial charge on any atom is 0.327 e. The molecule has 26 heavy (non-hydrogen) atoms. The van der Waals surface area contributed by atoms with Gasteiger partial charge >= 0.3 is 5.69 Å². The summed E-state index contributed by atoms with van der Waals surface area (Å²) in [7, 11) is 0. The Bertz CT molecular complexity index is 1130. The average Bonchev–Trinajstić information content (AvgIpc) is 3.15. The van der Waals surface area contributed by atoms with Crippen LogP contribution < -0.4 is 11.0 Å². The summed E-state index contributed by atoms with van der Waals surface area (Å²) >= 11 is 0. The van der Waals surface area contributed by atoms with Gasteiger partial charge < -0.3 is 10.3 Å². The Hall–Kier alpha value is -3.23. The number of aromatic nitrogens is 7. The Balaban J connectivity index is 1.54. The molecule has 4 rings (SSSR count). The number of fused-ring (bicyclic) bond motifs is 2. The molecule has 0 aliphatic carbocycles. The number of nitrogens with one attached hydrogen (secondary N) is 2. The Kier molecular flexibility index (Phi) is 3.71. The maximum atomic E-state index is 12.1.